The molecule has 0 radical (unpaired) electrons. The van der Waals surface area contributed by atoms with Crippen LogP contribution in [0.3, 0.4) is 0 Å². The van der Waals surface area contributed by atoms with Crippen molar-refractivity contribution in [1.82, 2.24) is 5.32 Å². The summed E-state index contributed by atoms with van der Waals surface area (Å²) in [5.41, 5.74) is 0. The van der Waals surface area contributed by atoms with Crippen molar-refractivity contribution in [2.24, 2.45) is 5.92 Å². The van der Waals surface area contributed by atoms with Gasteiger partial charge in [-0.1, -0.05) is 27.2 Å². The average Bonchev–Trinajstić information content (AvgIpc) is 1.97. The minimum absolute atomic E-state index is 0.224. The number of hydrogen-bond acceptors (Lipinski definition) is 2. The van der Waals surface area contributed by atoms with E-state index in [1.807, 2.05) is 0 Å². The third-order valence-electron chi connectivity index (χ3n) is 1.74. The number of unbranched alkanes of at least 4 members (excludes halogenated alkanes) is 1. The molecule has 0 aliphatic carbocycles. The van der Waals surface area contributed by atoms with Gasteiger partial charge in [-0.05, 0) is 18.9 Å². The van der Waals surface area contributed by atoms with Crippen molar-refractivity contribution in [1.29, 1.82) is 0 Å². The van der Waals surface area contributed by atoms with Crippen LogP contribution in [-0.2, 0) is 4.74 Å². The molecule has 0 saturated heterocycles. The topological polar surface area (TPSA) is 21.3 Å². The van der Waals surface area contributed by atoms with Gasteiger partial charge < -0.3 is 4.74 Å². The van der Waals surface area contributed by atoms with Crippen LogP contribution >= 0.6 is 0 Å². The van der Waals surface area contributed by atoms with Crippen molar-refractivity contribution in [2.75, 3.05) is 13.7 Å². The lowest BCUT2D eigenvalue weighted by molar-refractivity contribution is 0.0374. The third kappa shape index (κ3) is 5.22. The monoisotopic (exact) mass is 159 g/mol. The van der Waals surface area contributed by atoms with Crippen LogP contribution in [0, 0.1) is 5.92 Å². The molecule has 11 heavy (non-hydrogen) atoms. The summed E-state index contributed by atoms with van der Waals surface area (Å²) in [6.45, 7) is 7.58. The summed E-state index contributed by atoms with van der Waals surface area (Å²) in [6.07, 6.45) is 2.69. The van der Waals surface area contributed by atoms with E-state index in [-0.39, 0.29) is 6.23 Å². The standard InChI is InChI=1S/C9H21NO/c1-5-6-7-10-9(11-4)8(2)3/h8-10H,5-7H2,1-4H3. The van der Waals surface area contributed by atoms with Crippen LogP contribution in [0.2, 0.25) is 0 Å². The van der Waals surface area contributed by atoms with Crippen LogP contribution < -0.4 is 5.32 Å². The van der Waals surface area contributed by atoms with Gasteiger partial charge in [-0.15, -0.1) is 0 Å². The number of ether oxygens (including phenoxy) is 1. The highest BCUT2D eigenvalue weighted by Crippen LogP contribution is 2.01. The SMILES string of the molecule is CCCCNC(OC)C(C)C. The van der Waals surface area contributed by atoms with Gasteiger partial charge in [-0.25, -0.2) is 0 Å². The summed E-state index contributed by atoms with van der Waals surface area (Å²) in [5.74, 6) is 0.553. The molecule has 2 heteroatoms. The Bertz CT molecular complexity index is 83.6. The van der Waals surface area contributed by atoms with Crippen molar-refractivity contribution in [3.05, 3.63) is 0 Å². The second-order valence-electron chi connectivity index (χ2n) is 3.21. The van der Waals surface area contributed by atoms with E-state index >= 15 is 0 Å². The molecule has 0 aliphatic heterocycles. The van der Waals surface area contributed by atoms with Crippen molar-refractivity contribution in [3.63, 3.8) is 0 Å². The molecule has 0 spiro atoms. The fraction of sp³-hybridized carbons (Fsp3) is 1.00. The minimum atomic E-state index is 0.224. The lowest BCUT2D eigenvalue weighted by atomic mass is 10.2. The molecule has 0 saturated carbocycles. The predicted octanol–water partition coefficient (Wildman–Crippen LogP) is 2.00. The minimum Gasteiger partial charge on any atom is -0.366 e. The molecule has 0 amide bonds. The van der Waals surface area contributed by atoms with Gasteiger partial charge in [0.1, 0.15) is 6.23 Å². The first-order valence-electron chi connectivity index (χ1n) is 4.48. The summed E-state index contributed by atoms with van der Waals surface area (Å²) in [6, 6.07) is 0. The van der Waals surface area contributed by atoms with Gasteiger partial charge in [0.2, 0.25) is 0 Å². The van der Waals surface area contributed by atoms with Crippen molar-refractivity contribution < 1.29 is 4.74 Å². The van der Waals surface area contributed by atoms with E-state index in [2.05, 4.69) is 26.1 Å². The van der Waals surface area contributed by atoms with E-state index in [0.717, 1.165) is 6.54 Å². The molecule has 1 N–H and O–H groups in total. The van der Waals surface area contributed by atoms with Crippen molar-refractivity contribution in [2.45, 2.75) is 39.8 Å². The first-order valence-corrected chi connectivity index (χ1v) is 4.48. The van der Waals surface area contributed by atoms with Gasteiger partial charge >= 0.3 is 0 Å². The van der Waals surface area contributed by atoms with Gasteiger partial charge in [0.25, 0.3) is 0 Å². The zero-order chi connectivity index (χ0) is 8.69. The first kappa shape index (κ1) is 10.9. The van der Waals surface area contributed by atoms with E-state index < -0.39 is 0 Å². The lowest BCUT2D eigenvalue weighted by Gasteiger charge is -2.20. The molecular formula is C9H21NO. The molecule has 1 atom stereocenters. The van der Waals surface area contributed by atoms with Crippen LogP contribution in [-0.4, -0.2) is 19.9 Å². The van der Waals surface area contributed by atoms with Gasteiger partial charge in [-0.2, -0.15) is 0 Å². The summed E-state index contributed by atoms with van der Waals surface area (Å²) in [7, 11) is 1.75. The predicted molar refractivity (Wildman–Crippen MR) is 48.5 cm³/mol. The molecule has 0 aromatic carbocycles. The van der Waals surface area contributed by atoms with Crippen LogP contribution in [0.25, 0.3) is 0 Å². The van der Waals surface area contributed by atoms with Crippen LogP contribution in [0.5, 0.6) is 0 Å². The van der Waals surface area contributed by atoms with Gasteiger partial charge in [-0.3, -0.25) is 5.32 Å². The van der Waals surface area contributed by atoms with E-state index in [1.54, 1.807) is 7.11 Å². The molecule has 0 aromatic heterocycles. The zero-order valence-corrected chi connectivity index (χ0v) is 8.18. The fourth-order valence-electron chi connectivity index (χ4n) is 1.01. The normalized spacial score (nSPS) is 13.9. The van der Waals surface area contributed by atoms with Gasteiger partial charge in [0, 0.05) is 7.11 Å². The van der Waals surface area contributed by atoms with Crippen LogP contribution in [0.1, 0.15) is 33.6 Å². The second-order valence-corrected chi connectivity index (χ2v) is 3.21. The largest absolute Gasteiger partial charge is 0.366 e. The van der Waals surface area contributed by atoms with Crippen LogP contribution in [0.15, 0.2) is 0 Å². The van der Waals surface area contributed by atoms with Gasteiger partial charge in [0.15, 0.2) is 0 Å². The Kier molecular flexibility index (Phi) is 6.57. The fourth-order valence-corrected chi connectivity index (χ4v) is 1.01. The number of nitrogens with one attached hydrogen (secondary N) is 1. The molecule has 68 valence electrons. The number of methoxy groups -OCH3 is 1. The number of rotatable bonds is 6. The lowest BCUT2D eigenvalue weighted by Crippen LogP contribution is -2.35. The summed E-state index contributed by atoms with van der Waals surface area (Å²) in [5, 5.41) is 3.35. The summed E-state index contributed by atoms with van der Waals surface area (Å²) in [4.78, 5) is 0. The molecular weight excluding hydrogens is 138 g/mol. The second kappa shape index (κ2) is 6.62. The van der Waals surface area contributed by atoms with E-state index in [0.29, 0.717) is 5.92 Å². The Labute approximate surface area is 70.3 Å². The molecule has 0 fully saturated rings. The maximum atomic E-state index is 5.25. The molecule has 0 aliphatic rings. The quantitative estimate of drug-likeness (QED) is 0.473. The smallest absolute Gasteiger partial charge is 0.110 e. The maximum Gasteiger partial charge on any atom is 0.110 e. The average molecular weight is 159 g/mol. The first-order chi connectivity index (χ1) is 5.22. The van der Waals surface area contributed by atoms with Crippen molar-refractivity contribution in [3.8, 4) is 0 Å². The highest BCUT2D eigenvalue weighted by atomic mass is 16.5. The highest BCUT2D eigenvalue weighted by Gasteiger charge is 2.09. The Hall–Kier alpha value is -0.0800. The van der Waals surface area contributed by atoms with E-state index in [1.165, 1.54) is 12.8 Å². The van der Waals surface area contributed by atoms with E-state index in [4.69, 9.17) is 4.74 Å². The van der Waals surface area contributed by atoms with Crippen molar-refractivity contribution >= 4 is 0 Å². The Morgan fingerprint density at radius 3 is 2.36 bits per heavy atom. The third-order valence-corrected chi connectivity index (χ3v) is 1.74. The van der Waals surface area contributed by atoms with Gasteiger partial charge in [0.05, 0.1) is 0 Å². The van der Waals surface area contributed by atoms with E-state index in [9.17, 15) is 0 Å². The number of hydrogen-bond donors (Lipinski definition) is 1. The zero-order valence-electron chi connectivity index (χ0n) is 8.18. The molecule has 0 aromatic rings. The molecule has 2 nitrogen and oxygen atoms in total. The van der Waals surface area contributed by atoms with Crippen LogP contribution in [0.4, 0.5) is 0 Å². The Balaban J connectivity index is 3.36. The summed E-state index contributed by atoms with van der Waals surface area (Å²) < 4.78 is 5.25. The molecule has 0 bridgehead atoms. The molecule has 0 heterocycles. The molecule has 1 unspecified atom stereocenters. The Morgan fingerprint density at radius 2 is 2.00 bits per heavy atom. The molecule has 0 rings (SSSR count). The Morgan fingerprint density at radius 1 is 1.36 bits per heavy atom. The maximum absolute atomic E-state index is 5.25. The summed E-state index contributed by atoms with van der Waals surface area (Å²) >= 11 is 0. The highest BCUT2D eigenvalue weighted by molar-refractivity contribution is 4.58.